The first kappa shape index (κ1) is 21.4. The van der Waals surface area contributed by atoms with E-state index in [2.05, 4.69) is 5.32 Å². The van der Waals surface area contributed by atoms with E-state index >= 15 is 0 Å². The minimum absolute atomic E-state index is 0.0538. The molecule has 2 aromatic rings. The fraction of sp³-hybridized carbons (Fsp3) is 0.316. The van der Waals surface area contributed by atoms with E-state index in [0.29, 0.717) is 28.8 Å². The van der Waals surface area contributed by atoms with E-state index in [1.807, 2.05) is 0 Å². The van der Waals surface area contributed by atoms with Gasteiger partial charge < -0.3 is 5.32 Å². The first-order valence-corrected chi connectivity index (χ1v) is 11.4. The third-order valence-electron chi connectivity index (χ3n) is 4.56. The van der Waals surface area contributed by atoms with Crippen LogP contribution in [-0.2, 0) is 10.0 Å². The lowest BCUT2D eigenvalue weighted by atomic mass is 10.2. The van der Waals surface area contributed by atoms with E-state index in [9.17, 15) is 13.2 Å². The predicted octanol–water partition coefficient (Wildman–Crippen LogP) is 5.46. The highest BCUT2D eigenvalue weighted by Crippen LogP contribution is 2.28. The second kappa shape index (κ2) is 9.01. The molecule has 1 aliphatic heterocycles. The summed E-state index contributed by atoms with van der Waals surface area (Å²) >= 11 is 18.0. The highest BCUT2D eigenvalue weighted by atomic mass is 35.5. The molecule has 1 aliphatic rings. The summed E-state index contributed by atoms with van der Waals surface area (Å²) in [7, 11) is -3.69. The molecule has 0 aromatic heterocycles. The first-order chi connectivity index (χ1) is 13.3. The summed E-state index contributed by atoms with van der Waals surface area (Å²) in [5.41, 5.74) is 0.500. The van der Waals surface area contributed by atoms with Gasteiger partial charge in [0.25, 0.3) is 5.91 Å². The third-order valence-corrected chi connectivity index (χ3v) is 7.53. The average Bonchev–Trinajstić information content (AvgIpc) is 2.95. The minimum Gasteiger partial charge on any atom is -0.322 e. The van der Waals surface area contributed by atoms with Gasteiger partial charge in [0.05, 0.1) is 25.5 Å². The topological polar surface area (TPSA) is 66.5 Å². The number of anilines is 1. The average molecular weight is 462 g/mol. The molecule has 1 N–H and O–H groups in total. The van der Waals surface area contributed by atoms with Crippen LogP contribution in [0, 0.1) is 0 Å². The number of benzene rings is 2. The van der Waals surface area contributed by atoms with Crippen LogP contribution in [0.4, 0.5) is 5.69 Å². The maximum Gasteiger partial charge on any atom is 0.257 e. The second-order valence-corrected chi connectivity index (χ2v) is 9.70. The fourth-order valence-electron chi connectivity index (χ4n) is 3.04. The summed E-state index contributed by atoms with van der Waals surface area (Å²) in [6.45, 7) is 0.964. The van der Waals surface area contributed by atoms with E-state index in [4.69, 9.17) is 34.8 Å². The Balaban J connectivity index is 1.88. The Labute approximate surface area is 179 Å². The van der Waals surface area contributed by atoms with Crippen molar-refractivity contribution < 1.29 is 13.2 Å². The van der Waals surface area contributed by atoms with Crippen LogP contribution in [0.2, 0.25) is 15.1 Å². The van der Waals surface area contributed by atoms with Crippen LogP contribution < -0.4 is 5.32 Å². The maximum atomic E-state index is 13.0. The van der Waals surface area contributed by atoms with Crippen LogP contribution in [-0.4, -0.2) is 31.7 Å². The zero-order valence-electron chi connectivity index (χ0n) is 14.9. The summed E-state index contributed by atoms with van der Waals surface area (Å²) in [5, 5.41) is 3.48. The third kappa shape index (κ3) is 4.81. The molecule has 1 fully saturated rings. The van der Waals surface area contributed by atoms with E-state index in [0.717, 1.165) is 25.7 Å². The van der Waals surface area contributed by atoms with Gasteiger partial charge in [-0.3, -0.25) is 4.79 Å². The number of rotatable bonds is 4. The van der Waals surface area contributed by atoms with Crippen molar-refractivity contribution in [3.05, 3.63) is 57.0 Å². The molecule has 0 atom stereocenters. The van der Waals surface area contributed by atoms with Gasteiger partial charge >= 0.3 is 0 Å². The van der Waals surface area contributed by atoms with Gasteiger partial charge in [-0.05, 0) is 49.2 Å². The highest BCUT2D eigenvalue weighted by molar-refractivity contribution is 7.89. The molecule has 0 aliphatic carbocycles. The number of hydrogen-bond donors (Lipinski definition) is 1. The van der Waals surface area contributed by atoms with Crippen LogP contribution in [0.1, 0.15) is 36.0 Å². The summed E-state index contributed by atoms with van der Waals surface area (Å²) < 4.78 is 27.4. The largest absolute Gasteiger partial charge is 0.322 e. The van der Waals surface area contributed by atoms with Gasteiger partial charge in [0.1, 0.15) is 0 Å². The van der Waals surface area contributed by atoms with Gasteiger partial charge in [0, 0.05) is 18.8 Å². The molecule has 3 rings (SSSR count). The molecule has 0 radical (unpaired) electrons. The lowest BCUT2D eigenvalue weighted by Gasteiger charge is -2.20. The van der Waals surface area contributed by atoms with Crippen LogP contribution in [0.15, 0.2) is 41.3 Å². The molecule has 1 saturated heterocycles. The molecule has 0 bridgehead atoms. The van der Waals surface area contributed by atoms with E-state index < -0.39 is 15.9 Å². The molecule has 0 unspecified atom stereocenters. The van der Waals surface area contributed by atoms with Crippen molar-refractivity contribution in [3.63, 3.8) is 0 Å². The Bertz CT molecular complexity index is 988. The lowest BCUT2D eigenvalue weighted by molar-refractivity contribution is 0.102. The molecule has 1 heterocycles. The van der Waals surface area contributed by atoms with Crippen molar-refractivity contribution in [2.24, 2.45) is 0 Å². The summed E-state index contributed by atoms with van der Waals surface area (Å²) in [5.74, 6) is -0.531. The number of sulfonamides is 1. The number of carbonyl (C=O) groups is 1. The van der Waals surface area contributed by atoms with Crippen molar-refractivity contribution in [2.75, 3.05) is 18.4 Å². The fourth-order valence-corrected chi connectivity index (χ4v) is 5.09. The van der Waals surface area contributed by atoms with Gasteiger partial charge in [-0.25, -0.2) is 8.42 Å². The van der Waals surface area contributed by atoms with E-state index in [1.165, 1.54) is 28.6 Å². The molecule has 0 spiro atoms. The minimum atomic E-state index is -3.69. The molecular formula is C19H19Cl3N2O3S. The number of nitrogens with zero attached hydrogens (tertiary/aromatic N) is 1. The Kier molecular flexibility index (Phi) is 6.89. The van der Waals surface area contributed by atoms with Gasteiger partial charge in [0.2, 0.25) is 10.0 Å². The van der Waals surface area contributed by atoms with Gasteiger partial charge in [-0.2, -0.15) is 4.31 Å². The molecular weight excluding hydrogens is 443 g/mol. The SMILES string of the molecule is O=C(Nc1ccc(Cl)c(Cl)c1)c1cc(S(=O)(=O)N2CCCCCC2)ccc1Cl. The van der Waals surface area contributed by atoms with E-state index in [-0.39, 0.29) is 15.5 Å². The van der Waals surface area contributed by atoms with Gasteiger partial charge in [-0.15, -0.1) is 0 Å². The summed E-state index contributed by atoms with van der Waals surface area (Å²) in [6, 6.07) is 8.83. The monoisotopic (exact) mass is 460 g/mol. The smallest absolute Gasteiger partial charge is 0.257 e. The van der Waals surface area contributed by atoms with Crippen molar-refractivity contribution in [2.45, 2.75) is 30.6 Å². The standard InChI is InChI=1S/C19H19Cl3N2O3S/c20-16-8-6-14(28(26,27)24-9-3-1-2-4-10-24)12-15(16)19(25)23-13-5-7-17(21)18(22)11-13/h5-8,11-12H,1-4,9-10H2,(H,23,25). The Hall–Kier alpha value is -1.31. The number of amides is 1. The van der Waals surface area contributed by atoms with Crippen LogP contribution in [0.5, 0.6) is 0 Å². The first-order valence-electron chi connectivity index (χ1n) is 8.85. The van der Waals surface area contributed by atoms with Crippen LogP contribution in [0.3, 0.4) is 0 Å². The maximum absolute atomic E-state index is 13.0. The number of carbonyl (C=O) groups excluding carboxylic acids is 1. The Morgan fingerprint density at radius 2 is 1.50 bits per heavy atom. The number of nitrogens with one attached hydrogen (secondary N) is 1. The Morgan fingerprint density at radius 3 is 2.14 bits per heavy atom. The van der Waals surface area contributed by atoms with Crippen molar-refractivity contribution >= 4 is 56.4 Å². The molecule has 28 heavy (non-hydrogen) atoms. The number of hydrogen-bond acceptors (Lipinski definition) is 3. The highest BCUT2D eigenvalue weighted by Gasteiger charge is 2.26. The van der Waals surface area contributed by atoms with Gasteiger partial charge in [-0.1, -0.05) is 47.6 Å². The molecule has 2 aromatic carbocycles. The lowest BCUT2D eigenvalue weighted by Crippen LogP contribution is -2.32. The zero-order chi connectivity index (χ0) is 20.3. The predicted molar refractivity (Wildman–Crippen MR) is 113 cm³/mol. The molecule has 5 nitrogen and oxygen atoms in total. The van der Waals surface area contributed by atoms with Crippen LogP contribution >= 0.6 is 34.8 Å². The summed E-state index contributed by atoms with van der Waals surface area (Å²) in [4.78, 5) is 12.7. The molecule has 9 heteroatoms. The second-order valence-electron chi connectivity index (χ2n) is 6.54. The van der Waals surface area contributed by atoms with Crippen molar-refractivity contribution in [1.82, 2.24) is 4.31 Å². The quantitative estimate of drug-likeness (QED) is 0.657. The zero-order valence-corrected chi connectivity index (χ0v) is 18.0. The van der Waals surface area contributed by atoms with Crippen LogP contribution in [0.25, 0.3) is 0 Å². The Morgan fingerprint density at radius 1 is 0.857 bits per heavy atom. The van der Waals surface area contributed by atoms with Gasteiger partial charge in [0.15, 0.2) is 0 Å². The molecule has 150 valence electrons. The normalized spacial score (nSPS) is 15.8. The van der Waals surface area contributed by atoms with E-state index in [1.54, 1.807) is 12.1 Å². The van der Waals surface area contributed by atoms with Crippen molar-refractivity contribution in [3.8, 4) is 0 Å². The van der Waals surface area contributed by atoms with Crippen molar-refractivity contribution in [1.29, 1.82) is 0 Å². The number of halogens is 3. The molecule has 1 amide bonds. The molecule has 0 saturated carbocycles. The summed E-state index contributed by atoms with van der Waals surface area (Å²) in [6.07, 6.45) is 3.70.